The molecule has 120 valence electrons. The lowest BCUT2D eigenvalue weighted by Gasteiger charge is -2.21. The monoisotopic (exact) mass is 304 g/mol. The van der Waals surface area contributed by atoms with Gasteiger partial charge in [-0.15, -0.1) is 0 Å². The van der Waals surface area contributed by atoms with Gasteiger partial charge in [0.15, 0.2) is 0 Å². The molecular weight excluding hydrogens is 280 g/mol. The van der Waals surface area contributed by atoms with Crippen molar-refractivity contribution in [3.05, 3.63) is 30.1 Å². The fourth-order valence-corrected chi connectivity index (χ4v) is 2.57. The summed E-state index contributed by atoms with van der Waals surface area (Å²) < 4.78 is 0. The minimum atomic E-state index is -0.157. The quantitative estimate of drug-likeness (QED) is 0.891. The van der Waals surface area contributed by atoms with Crippen molar-refractivity contribution in [2.24, 2.45) is 0 Å². The standard InChI is InChI=1S/C16H24N4O2/c1-2-9-19-10-4-11-20(13-15(19)21)16(22)18-8-6-14-5-3-7-17-12-14/h3,5,7,12H,2,4,6,8-11,13H2,1H3,(H,18,22). The van der Waals surface area contributed by atoms with Crippen LogP contribution in [0.25, 0.3) is 0 Å². The Kier molecular flexibility index (Phi) is 6.18. The second-order valence-electron chi connectivity index (χ2n) is 5.50. The highest BCUT2D eigenvalue weighted by Crippen LogP contribution is 2.05. The van der Waals surface area contributed by atoms with Crippen LogP contribution in [0, 0.1) is 0 Å². The average molecular weight is 304 g/mol. The average Bonchev–Trinajstić information content (AvgIpc) is 2.71. The van der Waals surface area contributed by atoms with Crippen LogP contribution in [0.2, 0.25) is 0 Å². The van der Waals surface area contributed by atoms with Gasteiger partial charge in [0.05, 0.1) is 0 Å². The predicted molar refractivity (Wildman–Crippen MR) is 84.4 cm³/mol. The molecule has 0 saturated carbocycles. The Morgan fingerprint density at radius 2 is 2.27 bits per heavy atom. The summed E-state index contributed by atoms with van der Waals surface area (Å²) in [7, 11) is 0. The molecule has 2 rings (SSSR count). The van der Waals surface area contributed by atoms with Crippen molar-refractivity contribution in [1.82, 2.24) is 20.1 Å². The zero-order valence-electron chi connectivity index (χ0n) is 13.1. The van der Waals surface area contributed by atoms with Crippen LogP contribution in [0.3, 0.4) is 0 Å². The third kappa shape index (κ3) is 4.72. The van der Waals surface area contributed by atoms with Crippen LogP contribution in [-0.4, -0.2) is 59.4 Å². The van der Waals surface area contributed by atoms with Crippen LogP contribution in [0.15, 0.2) is 24.5 Å². The topological polar surface area (TPSA) is 65.5 Å². The number of pyridine rings is 1. The molecule has 6 heteroatoms. The Balaban J connectivity index is 1.78. The first-order valence-electron chi connectivity index (χ1n) is 7.90. The van der Waals surface area contributed by atoms with Crippen molar-refractivity contribution >= 4 is 11.9 Å². The predicted octanol–water partition coefficient (Wildman–Crippen LogP) is 1.28. The molecule has 0 aromatic carbocycles. The van der Waals surface area contributed by atoms with Gasteiger partial charge in [-0.25, -0.2) is 4.79 Å². The molecule has 1 aromatic rings. The lowest BCUT2D eigenvalue weighted by atomic mass is 10.2. The van der Waals surface area contributed by atoms with Gasteiger partial charge in [-0.2, -0.15) is 0 Å². The van der Waals surface area contributed by atoms with E-state index in [1.807, 2.05) is 17.0 Å². The van der Waals surface area contributed by atoms with E-state index < -0.39 is 0 Å². The molecule has 22 heavy (non-hydrogen) atoms. The molecule has 1 aliphatic rings. The van der Waals surface area contributed by atoms with E-state index in [1.54, 1.807) is 17.3 Å². The third-order valence-corrected chi connectivity index (χ3v) is 3.73. The van der Waals surface area contributed by atoms with Crippen molar-refractivity contribution in [3.8, 4) is 0 Å². The summed E-state index contributed by atoms with van der Waals surface area (Å²) in [5, 5.41) is 2.88. The largest absolute Gasteiger partial charge is 0.341 e. The number of carbonyl (C=O) groups is 2. The summed E-state index contributed by atoms with van der Waals surface area (Å²) in [5.74, 6) is 0.0433. The second kappa shape index (κ2) is 8.36. The number of urea groups is 1. The van der Waals surface area contributed by atoms with Gasteiger partial charge < -0.3 is 15.1 Å². The summed E-state index contributed by atoms with van der Waals surface area (Å²) >= 11 is 0. The Hall–Kier alpha value is -2.11. The first-order chi connectivity index (χ1) is 10.7. The molecule has 0 spiro atoms. The van der Waals surface area contributed by atoms with Crippen LogP contribution >= 0.6 is 0 Å². The first-order valence-corrected chi connectivity index (χ1v) is 7.90. The van der Waals surface area contributed by atoms with Gasteiger partial charge in [-0.3, -0.25) is 9.78 Å². The van der Waals surface area contributed by atoms with E-state index in [0.29, 0.717) is 13.1 Å². The van der Waals surface area contributed by atoms with Gasteiger partial charge in [-0.05, 0) is 30.9 Å². The molecule has 0 atom stereocenters. The summed E-state index contributed by atoms with van der Waals surface area (Å²) in [5.41, 5.74) is 1.09. The molecule has 0 bridgehead atoms. The van der Waals surface area contributed by atoms with Gasteiger partial charge in [0.2, 0.25) is 5.91 Å². The number of rotatable bonds is 5. The molecule has 3 amide bonds. The molecule has 1 N–H and O–H groups in total. The number of nitrogens with zero attached hydrogens (tertiary/aromatic N) is 3. The minimum Gasteiger partial charge on any atom is -0.341 e. The van der Waals surface area contributed by atoms with Gasteiger partial charge in [0.1, 0.15) is 6.54 Å². The number of carbonyl (C=O) groups excluding carboxylic acids is 2. The van der Waals surface area contributed by atoms with Crippen molar-refractivity contribution < 1.29 is 9.59 Å². The van der Waals surface area contributed by atoms with E-state index in [2.05, 4.69) is 17.2 Å². The minimum absolute atomic E-state index is 0.0433. The summed E-state index contributed by atoms with van der Waals surface area (Å²) in [6.45, 7) is 4.93. The molecule has 1 aliphatic heterocycles. The van der Waals surface area contributed by atoms with Crippen LogP contribution in [-0.2, 0) is 11.2 Å². The number of hydrogen-bond acceptors (Lipinski definition) is 3. The van der Waals surface area contributed by atoms with Crippen LogP contribution < -0.4 is 5.32 Å². The van der Waals surface area contributed by atoms with Gasteiger partial charge in [0, 0.05) is 38.6 Å². The van der Waals surface area contributed by atoms with Gasteiger partial charge in [-0.1, -0.05) is 13.0 Å². The number of hydrogen-bond donors (Lipinski definition) is 1. The van der Waals surface area contributed by atoms with Crippen molar-refractivity contribution in [2.75, 3.05) is 32.7 Å². The summed E-state index contributed by atoms with van der Waals surface area (Å²) in [6.07, 6.45) is 6.05. The van der Waals surface area contributed by atoms with Crippen LogP contribution in [0.4, 0.5) is 4.79 Å². The molecule has 0 radical (unpaired) electrons. The van der Waals surface area contributed by atoms with Gasteiger partial charge in [0.25, 0.3) is 0 Å². The molecular formula is C16H24N4O2. The fourth-order valence-electron chi connectivity index (χ4n) is 2.57. The Labute approximate surface area is 131 Å². The van der Waals surface area contributed by atoms with Crippen molar-refractivity contribution in [2.45, 2.75) is 26.2 Å². The highest BCUT2D eigenvalue weighted by atomic mass is 16.2. The number of amides is 3. The Bertz CT molecular complexity index is 492. The molecule has 6 nitrogen and oxygen atoms in total. The van der Waals surface area contributed by atoms with E-state index in [0.717, 1.165) is 37.9 Å². The van der Waals surface area contributed by atoms with E-state index in [1.165, 1.54) is 0 Å². The SMILES string of the molecule is CCCN1CCCN(C(=O)NCCc2cccnc2)CC1=O. The number of nitrogens with one attached hydrogen (secondary N) is 1. The molecule has 0 aliphatic carbocycles. The lowest BCUT2D eigenvalue weighted by molar-refractivity contribution is -0.130. The Morgan fingerprint density at radius 3 is 3.00 bits per heavy atom. The highest BCUT2D eigenvalue weighted by molar-refractivity contribution is 5.84. The smallest absolute Gasteiger partial charge is 0.317 e. The van der Waals surface area contributed by atoms with E-state index in [4.69, 9.17) is 0 Å². The van der Waals surface area contributed by atoms with Gasteiger partial charge >= 0.3 is 6.03 Å². The fraction of sp³-hybridized carbons (Fsp3) is 0.562. The first kappa shape index (κ1) is 16.3. The maximum Gasteiger partial charge on any atom is 0.317 e. The van der Waals surface area contributed by atoms with E-state index >= 15 is 0 Å². The molecule has 1 saturated heterocycles. The maximum atomic E-state index is 12.2. The zero-order valence-corrected chi connectivity index (χ0v) is 13.1. The lowest BCUT2D eigenvalue weighted by Crippen LogP contribution is -2.44. The summed E-state index contributed by atoms with van der Waals surface area (Å²) in [4.78, 5) is 31.8. The third-order valence-electron chi connectivity index (χ3n) is 3.73. The van der Waals surface area contributed by atoms with E-state index in [9.17, 15) is 9.59 Å². The number of aromatic nitrogens is 1. The zero-order chi connectivity index (χ0) is 15.8. The molecule has 1 fully saturated rings. The maximum absolute atomic E-state index is 12.2. The highest BCUT2D eigenvalue weighted by Gasteiger charge is 2.23. The molecule has 1 aromatic heterocycles. The molecule has 0 unspecified atom stereocenters. The van der Waals surface area contributed by atoms with Crippen LogP contribution in [0.1, 0.15) is 25.3 Å². The molecule has 2 heterocycles. The van der Waals surface area contributed by atoms with Crippen molar-refractivity contribution in [1.29, 1.82) is 0 Å². The Morgan fingerprint density at radius 1 is 1.41 bits per heavy atom. The van der Waals surface area contributed by atoms with Crippen LogP contribution in [0.5, 0.6) is 0 Å². The van der Waals surface area contributed by atoms with Crippen molar-refractivity contribution in [3.63, 3.8) is 0 Å². The summed E-state index contributed by atoms with van der Waals surface area (Å²) in [6, 6.07) is 3.71. The van der Waals surface area contributed by atoms with E-state index in [-0.39, 0.29) is 18.5 Å². The second-order valence-corrected chi connectivity index (χ2v) is 5.50. The normalized spacial score (nSPS) is 15.6.